The van der Waals surface area contributed by atoms with Crippen molar-refractivity contribution < 1.29 is 14.3 Å². The lowest BCUT2D eigenvalue weighted by Gasteiger charge is -2.13. The standard InChI is InChI=1S/C25H14Cl2O3/c26-18-11-12-20-17(14-18)13-16-7-3-9-21(27)23(16)24(20)30-25(28)29-22-10-4-6-15-5-1-2-8-19(15)22/h1-14H. The molecule has 0 spiro atoms. The first-order valence-corrected chi connectivity index (χ1v) is 10.0. The van der Waals surface area contributed by atoms with Crippen LogP contribution >= 0.6 is 23.2 Å². The van der Waals surface area contributed by atoms with Crippen molar-refractivity contribution in [1.29, 1.82) is 0 Å². The van der Waals surface area contributed by atoms with Gasteiger partial charge in [0.2, 0.25) is 0 Å². The van der Waals surface area contributed by atoms with Gasteiger partial charge < -0.3 is 9.47 Å². The zero-order valence-corrected chi connectivity index (χ0v) is 17.1. The average molecular weight is 433 g/mol. The van der Waals surface area contributed by atoms with Crippen molar-refractivity contribution in [3.8, 4) is 11.5 Å². The second kappa shape index (κ2) is 7.52. The van der Waals surface area contributed by atoms with Crippen molar-refractivity contribution >= 4 is 61.7 Å². The number of carbonyl (C=O) groups is 1. The first kappa shape index (κ1) is 18.7. The van der Waals surface area contributed by atoms with Crippen LogP contribution < -0.4 is 9.47 Å². The van der Waals surface area contributed by atoms with E-state index in [4.69, 9.17) is 32.7 Å². The Morgan fingerprint density at radius 3 is 2.33 bits per heavy atom. The van der Waals surface area contributed by atoms with Crippen LogP contribution in [0.1, 0.15) is 0 Å². The fraction of sp³-hybridized carbons (Fsp3) is 0. The van der Waals surface area contributed by atoms with Crippen molar-refractivity contribution in [2.24, 2.45) is 0 Å². The molecule has 5 aromatic carbocycles. The Labute approximate surface area is 182 Å². The van der Waals surface area contributed by atoms with Crippen molar-refractivity contribution in [1.82, 2.24) is 0 Å². The Morgan fingerprint density at radius 2 is 1.43 bits per heavy atom. The second-order valence-electron chi connectivity index (χ2n) is 6.84. The molecule has 5 rings (SSSR count). The lowest BCUT2D eigenvalue weighted by Crippen LogP contribution is -2.14. The van der Waals surface area contributed by atoms with E-state index in [0.29, 0.717) is 26.9 Å². The highest BCUT2D eigenvalue weighted by Gasteiger charge is 2.18. The highest BCUT2D eigenvalue weighted by molar-refractivity contribution is 6.37. The van der Waals surface area contributed by atoms with E-state index in [1.165, 1.54) is 0 Å². The number of ether oxygens (including phenoxy) is 2. The molecule has 0 unspecified atom stereocenters. The predicted molar refractivity (Wildman–Crippen MR) is 122 cm³/mol. The molecule has 30 heavy (non-hydrogen) atoms. The van der Waals surface area contributed by atoms with Gasteiger partial charge in [-0.1, -0.05) is 71.7 Å². The summed E-state index contributed by atoms with van der Waals surface area (Å²) in [5.74, 6) is 0.770. The quantitative estimate of drug-likeness (QED) is 0.161. The molecule has 0 saturated carbocycles. The largest absolute Gasteiger partial charge is 0.519 e. The summed E-state index contributed by atoms with van der Waals surface area (Å²) >= 11 is 12.6. The molecule has 5 aromatic rings. The highest BCUT2D eigenvalue weighted by atomic mass is 35.5. The van der Waals surface area contributed by atoms with E-state index in [1.54, 1.807) is 24.3 Å². The lowest BCUT2D eigenvalue weighted by molar-refractivity contribution is 0.153. The second-order valence-corrected chi connectivity index (χ2v) is 7.68. The van der Waals surface area contributed by atoms with E-state index in [9.17, 15) is 4.79 Å². The van der Waals surface area contributed by atoms with Crippen LogP contribution in [0, 0.1) is 0 Å². The number of hydrogen-bond donors (Lipinski definition) is 0. The normalized spacial score (nSPS) is 11.1. The molecule has 0 N–H and O–H groups in total. The van der Waals surface area contributed by atoms with Crippen LogP contribution in [0.2, 0.25) is 10.0 Å². The van der Waals surface area contributed by atoms with Crippen LogP contribution in [0.25, 0.3) is 32.3 Å². The molecule has 0 amide bonds. The molecule has 0 aliphatic carbocycles. The van der Waals surface area contributed by atoms with Crippen LogP contribution in [-0.4, -0.2) is 6.16 Å². The zero-order valence-electron chi connectivity index (χ0n) is 15.6. The van der Waals surface area contributed by atoms with Gasteiger partial charge in [-0.15, -0.1) is 0 Å². The van der Waals surface area contributed by atoms with Crippen molar-refractivity contribution in [3.05, 3.63) is 95.0 Å². The van der Waals surface area contributed by atoms with Gasteiger partial charge in [0, 0.05) is 21.2 Å². The average Bonchev–Trinajstić information content (AvgIpc) is 2.73. The van der Waals surface area contributed by atoms with Crippen molar-refractivity contribution in [2.45, 2.75) is 0 Å². The van der Waals surface area contributed by atoms with E-state index < -0.39 is 6.16 Å². The number of benzene rings is 5. The Balaban J connectivity index is 1.60. The third-order valence-corrected chi connectivity index (χ3v) is 5.52. The smallest absolute Gasteiger partial charge is 0.394 e. The fourth-order valence-corrected chi connectivity index (χ4v) is 4.10. The number of hydrogen-bond acceptors (Lipinski definition) is 3. The summed E-state index contributed by atoms with van der Waals surface area (Å²) in [5.41, 5.74) is 0. The summed E-state index contributed by atoms with van der Waals surface area (Å²) in [6.07, 6.45) is -0.838. The Bertz CT molecular complexity index is 1440. The van der Waals surface area contributed by atoms with E-state index in [0.717, 1.165) is 26.9 Å². The molecule has 0 atom stereocenters. The minimum absolute atomic E-state index is 0.343. The van der Waals surface area contributed by atoms with Gasteiger partial charge in [-0.25, -0.2) is 4.79 Å². The Kier molecular flexibility index (Phi) is 4.70. The maximum Gasteiger partial charge on any atom is 0.519 e. The molecule has 0 saturated heterocycles. The minimum Gasteiger partial charge on any atom is -0.394 e. The number of fused-ring (bicyclic) bond motifs is 3. The molecule has 0 radical (unpaired) electrons. The van der Waals surface area contributed by atoms with E-state index in [1.807, 2.05) is 60.7 Å². The molecule has 146 valence electrons. The molecule has 0 aliphatic rings. The monoisotopic (exact) mass is 432 g/mol. The Hall–Kier alpha value is -3.27. The summed E-state index contributed by atoms with van der Waals surface area (Å²) in [4.78, 5) is 12.8. The molecular formula is C25H14Cl2O3. The molecule has 0 bridgehead atoms. The van der Waals surface area contributed by atoms with Gasteiger partial charge in [0.05, 0.1) is 5.02 Å². The topological polar surface area (TPSA) is 35.5 Å². The molecule has 0 heterocycles. The van der Waals surface area contributed by atoms with Gasteiger partial charge in [0.15, 0.2) is 5.75 Å². The minimum atomic E-state index is -0.838. The lowest BCUT2D eigenvalue weighted by atomic mass is 10.0. The summed E-state index contributed by atoms with van der Waals surface area (Å²) < 4.78 is 11.3. The summed E-state index contributed by atoms with van der Waals surface area (Å²) in [5, 5.41) is 5.90. The van der Waals surface area contributed by atoms with E-state index >= 15 is 0 Å². The third-order valence-electron chi connectivity index (χ3n) is 4.97. The molecule has 0 aromatic heterocycles. The predicted octanol–water partition coefficient (Wildman–Crippen LogP) is 8.03. The summed E-state index contributed by atoms with van der Waals surface area (Å²) in [7, 11) is 0. The molecule has 0 aliphatic heterocycles. The molecule has 0 fully saturated rings. The zero-order chi connectivity index (χ0) is 20.7. The van der Waals surface area contributed by atoms with Gasteiger partial charge in [-0.05, 0) is 52.6 Å². The number of rotatable bonds is 2. The first-order valence-electron chi connectivity index (χ1n) is 9.28. The summed E-state index contributed by atoms with van der Waals surface area (Å²) in [6, 6.07) is 26.0. The molecule has 5 heteroatoms. The van der Waals surface area contributed by atoms with Crippen LogP contribution in [0.15, 0.2) is 84.9 Å². The van der Waals surface area contributed by atoms with Gasteiger partial charge in [0.1, 0.15) is 5.75 Å². The number of halogens is 2. The Morgan fingerprint density at radius 1 is 0.667 bits per heavy atom. The van der Waals surface area contributed by atoms with Crippen LogP contribution in [0.5, 0.6) is 11.5 Å². The molecular weight excluding hydrogens is 419 g/mol. The number of carbonyl (C=O) groups excluding carboxylic acids is 1. The van der Waals surface area contributed by atoms with Gasteiger partial charge in [-0.3, -0.25) is 0 Å². The van der Waals surface area contributed by atoms with Crippen molar-refractivity contribution in [2.75, 3.05) is 0 Å². The van der Waals surface area contributed by atoms with Crippen LogP contribution in [0.3, 0.4) is 0 Å². The van der Waals surface area contributed by atoms with Crippen LogP contribution in [0.4, 0.5) is 4.79 Å². The maximum absolute atomic E-state index is 12.8. The highest BCUT2D eigenvalue weighted by Crippen LogP contribution is 2.40. The maximum atomic E-state index is 12.8. The SMILES string of the molecule is O=C(Oc1cccc2ccccc12)Oc1c2ccc(Cl)cc2cc2cccc(Cl)c12. The summed E-state index contributed by atoms with van der Waals surface area (Å²) in [6.45, 7) is 0. The first-order chi connectivity index (χ1) is 14.6. The van der Waals surface area contributed by atoms with Crippen molar-refractivity contribution in [3.63, 3.8) is 0 Å². The fourth-order valence-electron chi connectivity index (χ4n) is 3.65. The van der Waals surface area contributed by atoms with Crippen LogP contribution in [-0.2, 0) is 0 Å². The van der Waals surface area contributed by atoms with Gasteiger partial charge in [0.25, 0.3) is 0 Å². The van der Waals surface area contributed by atoms with Gasteiger partial charge in [-0.2, -0.15) is 0 Å². The molecule has 3 nitrogen and oxygen atoms in total. The van der Waals surface area contributed by atoms with E-state index in [2.05, 4.69) is 0 Å². The van der Waals surface area contributed by atoms with E-state index in [-0.39, 0.29) is 0 Å². The van der Waals surface area contributed by atoms with Gasteiger partial charge >= 0.3 is 6.16 Å². The third kappa shape index (κ3) is 3.32.